The number of nitro benzene ring substituents is 1. The molecule has 0 aliphatic heterocycles. The SMILES string of the molecule is Cc1ccc(NC(=O)COc2ccc(C=Nn3c(-c4cc5cc(Cl)ccc5o4)nc4ccccc4c3=O)cc2[N+](=O)[O-])cc1. The molecule has 0 spiro atoms. The third kappa shape index (κ3) is 5.90. The number of rotatable bonds is 8. The average Bonchev–Trinajstić information content (AvgIpc) is 3.44. The number of hydrogen-bond acceptors (Lipinski definition) is 8. The predicted octanol–water partition coefficient (Wildman–Crippen LogP) is 6.58. The lowest BCUT2D eigenvalue weighted by atomic mass is 10.2. The van der Waals surface area contributed by atoms with Crippen LogP contribution in [0.3, 0.4) is 0 Å². The summed E-state index contributed by atoms with van der Waals surface area (Å²) in [5.41, 5.74) is 2.06. The Kier molecular flexibility index (Phi) is 7.61. The average molecular weight is 608 g/mol. The van der Waals surface area contributed by atoms with Gasteiger partial charge in [0.05, 0.1) is 22.0 Å². The van der Waals surface area contributed by atoms with Crippen molar-refractivity contribution >= 4 is 57.0 Å². The first kappa shape index (κ1) is 28.3. The number of fused-ring (bicyclic) bond motifs is 2. The molecule has 2 aromatic heterocycles. The largest absolute Gasteiger partial charge is 0.477 e. The van der Waals surface area contributed by atoms with Crippen molar-refractivity contribution in [3.8, 4) is 17.3 Å². The van der Waals surface area contributed by atoms with Crippen LogP contribution >= 0.6 is 11.6 Å². The second-order valence-electron chi connectivity index (χ2n) is 9.79. The lowest BCUT2D eigenvalue weighted by Crippen LogP contribution is -2.20. The number of benzene rings is 4. The van der Waals surface area contributed by atoms with Gasteiger partial charge in [-0.05, 0) is 67.6 Å². The molecule has 2 heterocycles. The summed E-state index contributed by atoms with van der Waals surface area (Å²) in [6.07, 6.45) is 1.29. The molecular weight excluding hydrogens is 586 g/mol. The number of nitrogens with one attached hydrogen (secondary N) is 1. The number of nitrogens with zero attached hydrogens (tertiary/aromatic N) is 4. The molecule has 6 aromatic rings. The minimum Gasteiger partial charge on any atom is -0.477 e. The molecule has 0 atom stereocenters. The van der Waals surface area contributed by atoms with Gasteiger partial charge in [0.15, 0.2) is 18.1 Å². The van der Waals surface area contributed by atoms with Crippen molar-refractivity contribution < 1.29 is 18.9 Å². The van der Waals surface area contributed by atoms with Gasteiger partial charge in [-0.1, -0.05) is 41.4 Å². The third-order valence-corrected chi connectivity index (χ3v) is 6.88. The topological polar surface area (TPSA) is 142 Å². The number of furan rings is 1. The summed E-state index contributed by atoms with van der Waals surface area (Å²) in [7, 11) is 0. The number of hydrogen-bond donors (Lipinski definition) is 1. The second-order valence-corrected chi connectivity index (χ2v) is 10.2. The van der Waals surface area contributed by atoms with E-state index in [1.165, 1.54) is 24.4 Å². The van der Waals surface area contributed by atoms with Gasteiger partial charge in [0.1, 0.15) is 5.58 Å². The van der Waals surface area contributed by atoms with E-state index in [-0.39, 0.29) is 23.0 Å². The van der Waals surface area contributed by atoms with Gasteiger partial charge in [0, 0.05) is 27.7 Å². The number of carbonyl (C=O) groups excluding carboxylic acids is 1. The van der Waals surface area contributed by atoms with Crippen LogP contribution < -0.4 is 15.6 Å². The summed E-state index contributed by atoms with van der Waals surface area (Å²) in [6.45, 7) is 1.49. The maximum absolute atomic E-state index is 13.5. The Morgan fingerprint density at radius 3 is 2.68 bits per heavy atom. The van der Waals surface area contributed by atoms with E-state index in [9.17, 15) is 19.7 Å². The van der Waals surface area contributed by atoms with Crippen LogP contribution in [0.25, 0.3) is 33.5 Å². The zero-order valence-electron chi connectivity index (χ0n) is 23.1. The number of aromatic nitrogens is 2. The highest BCUT2D eigenvalue weighted by Gasteiger charge is 2.19. The van der Waals surface area contributed by atoms with Gasteiger partial charge in [-0.2, -0.15) is 9.78 Å². The Morgan fingerprint density at radius 2 is 1.89 bits per heavy atom. The number of amides is 1. The first-order valence-electron chi connectivity index (χ1n) is 13.3. The van der Waals surface area contributed by atoms with Gasteiger partial charge in [-0.15, -0.1) is 0 Å². The van der Waals surface area contributed by atoms with Crippen molar-refractivity contribution in [2.45, 2.75) is 6.92 Å². The van der Waals surface area contributed by atoms with Crippen LogP contribution in [0, 0.1) is 17.0 Å². The fraction of sp³-hybridized carbons (Fsp3) is 0.0625. The lowest BCUT2D eigenvalue weighted by Gasteiger charge is -2.09. The highest BCUT2D eigenvalue weighted by molar-refractivity contribution is 6.31. The zero-order chi connectivity index (χ0) is 30.8. The van der Waals surface area contributed by atoms with Crippen LogP contribution in [-0.2, 0) is 4.79 Å². The van der Waals surface area contributed by atoms with E-state index in [0.717, 1.165) is 10.2 Å². The van der Waals surface area contributed by atoms with E-state index < -0.39 is 23.0 Å². The highest BCUT2D eigenvalue weighted by atomic mass is 35.5. The summed E-state index contributed by atoms with van der Waals surface area (Å²) in [5, 5.41) is 20.4. The molecule has 0 aliphatic carbocycles. The maximum Gasteiger partial charge on any atom is 0.311 e. The number of anilines is 1. The molecule has 0 aliphatic rings. The summed E-state index contributed by atoms with van der Waals surface area (Å²) < 4.78 is 12.5. The highest BCUT2D eigenvalue weighted by Crippen LogP contribution is 2.30. The first-order chi connectivity index (χ1) is 21.2. The molecule has 44 heavy (non-hydrogen) atoms. The minimum absolute atomic E-state index is 0.0997. The Bertz CT molecular complexity index is 2150. The molecule has 0 saturated heterocycles. The van der Waals surface area contributed by atoms with E-state index in [1.807, 2.05) is 19.1 Å². The van der Waals surface area contributed by atoms with Crippen LogP contribution in [0.1, 0.15) is 11.1 Å². The van der Waals surface area contributed by atoms with E-state index in [2.05, 4.69) is 15.4 Å². The third-order valence-electron chi connectivity index (χ3n) is 6.65. The monoisotopic (exact) mass is 607 g/mol. The Hall–Kier alpha value is -5.81. The van der Waals surface area contributed by atoms with Crippen molar-refractivity contribution in [2.24, 2.45) is 5.10 Å². The van der Waals surface area contributed by atoms with Crippen LogP contribution in [0.2, 0.25) is 5.02 Å². The number of carbonyl (C=O) groups is 1. The van der Waals surface area contributed by atoms with Crippen molar-refractivity contribution in [2.75, 3.05) is 11.9 Å². The molecule has 1 N–H and O–H groups in total. The lowest BCUT2D eigenvalue weighted by molar-refractivity contribution is -0.385. The summed E-state index contributed by atoms with van der Waals surface area (Å²) in [5.74, 6) is -0.165. The fourth-order valence-electron chi connectivity index (χ4n) is 4.50. The molecule has 0 radical (unpaired) electrons. The van der Waals surface area contributed by atoms with Gasteiger partial charge in [0.2, 0.25) is 5.82 Å². The summed E-state index contributed by atoms with van der Waals surface area (Å²) in [6, 6.07) is 24.9. The Labute approximate surface area is 254 Å². The fourth-order valence-corrected chi connectivity index (χ4v) is 4.68. The van der Waals surface area contributed by atoms with Gasteiger partial charge in [-0.3, -0.25) is 19.7 Å². The molecular formula is C32H22ClN5O6. The molecule has 4 aromatic carbocycles. The molecule has 1 amide bonds. The zero-order valence-corrected chi connectivity index (χ0v) is 23.8. The molecule has 0 bridgehead atoms. The second kappa shape index (κ2) is 11.8. The molecule has 0 unspecified atom stereocenters. The molecule has 0 saturated carbocycles. The smallest absolute Gasteiger partial charge is 0.311 e. The Balaban J connectivity index is 1.31. The molecule has 218 valence electrons. The number of para-hydroxylation sites is 1. The predicted molar refractivity (Wildman–Crippen MR) is 168 cm³/mol. The van der Waals surface area contributed by atoms with Gasteiger partial charge in [-0.25, -0.2) is 4.98 Å². The summed E-state index contributed by atoms with van der Waals surface area (Å²) in [4.78, 5) is 41.7. The van der Waals surface area contributed by atoms with E-state index in [0.29, 0.717) is 38.1 Å². The van der Waals surface area contributed by atoms with Crippen LogP contribution in [-0.4, -0.2) is 33.3 Å². The molecule has 12 heteroatoms. The molecule has 11 nitrogen and oxygen atoms in total. The summed E-state index contributed by atoms with van der Waals surface area (Å²) >= 11 is 6.13. The van der Waals surface area contributed by atoms with Crippen molar-refractivity contribution in [3.63, 3.8) is 0 Å². The van der Waals surface area contributed by atoms with Gasteiger partial charge >= 0.3 is 5.69 Å². The number of ether oxygens (including phenoxy) is 1. The van der Waals surface area contributed by atoms with Crippen LogP contribution in [0.15, 0.2) is 105 Å². The first-order valence-corrected chi connectivity index (χ1v) is 13.7. The number of nitro groups is 1. The van der Waals surface area contributed by atoms with Crippen molar-refractivity contribution in [1.82, 2.24) is 9.66 Å². The normalized spacial score (nSPS) is 11.3. The van der Waals surface area contributed by atoms with Crippen molar-refractivity contribution in [3.05, 3.63) is 128 Å². The quantitative estimate of drug-likeness (QED) is 0.117. The minimum atomic E-state index is -0.626. The number of aryl methyl sites for hydroxylation is 1. The van der Waals surface area contributed by atoms with E-state index in [4.69, 9.17) is 20.8 Å². The van der Waals surface area contributed by atoms with Crippen LogP contribution in [0.4, 0.5) is 11.4 Å². The van der Waals surface area contributed by atoms with E-state index in [1.54, 1.807) is 60.7 Å². The van der Waals surface area contributed by atoms with Gasteiger partial charge in [0.25, 0.3) is 11.5 Å². The molecule has 0 fully saturated rings. The van der Waals surface area contributed by atoms with Crippen LogP contribution in [0.5, 0.6) is 5.75 Å². The standard InChI is InChI=1S/C32H22ClN5O6/c1-19-6-10-23(11-7-19)35-30(39)18-43-28-12-8-20(14-26(28)38(41)42)17-34-37-31(36-25-5-3-2-4-24(25)32(37)40)29-16-21-15-22(33)9-13-27(21)44-29/h2-17H,18H2,1H3,(H,35,39). The number of halogens is 1. The van der Waals surface area contributed by atoms with E-state index >= 15 is 0 Å². The Morgan fingerprint density at radius 1 is 1.09 bits per heavy atom. The molecule has 6 rings (SSSR count). The van der Waals surface area contributed by atoms with Gasteiger partial charge < -0.3 is 14.5 Å². The maximum atomic E-state index is 13.5. The van der Waals surface area contributed by atoms with Crippen molar-refractivity contribution in [1.29, 1.82) is 0 Å².